The summed E-state index contributed by atoms with van der Waals surface area (Å²) in [7, 11) is 0. The normalized spacial score (nSPS) is 12.9. The SMILES string of the molecule is CC/C=C\C/C=C\C/C=C\C/C=C\C/C=C\CCCCCC(=O)OCC(COC(=O)CCCCCCCCCCC)OC(=O)CCC/C=C\C/C=C\C/C=C\CCCCCCCC. The van der Waals surface area contributed by atoms with E-state index < -0.39 is 6.10 Å². The summed E-state index contributed by atoms with van der Waals surface area (Å²) in [4.78, 5) is 37.9. The Morgan fingerprint density at radius 1 is 0.333 bits per heavy atom. The van der Waals surface area contributed by atoms with Crippen molar-refractivity contribution in [2.24, 2.45) is 0 Å². The van der Waals surface area contributed by atoms with Gasteiger partial charge >= 0.3 is 17.9 Å². The molecule has 1 unspecified atom stereocenters. The Morgan fingerprint density at radius 3 is 1.03 bits per heavy atom. The van der Waals surface area contributed by atoms with Gasteiger partial charge in [-0.1, -0.05) is 208 Å². The number of esters is 3. The van der Waals surface area contributed by atoms with Crippen LogP contribution in [0.2, 0.25) is 0 Å². The topological polar surface area (TPSA) is 78.9 Å². The van der Waals surface area contributed by atoms with Gasteiger partial charge in [0.05, 0.1) is 0 Å². The first-order chi connectivity index (χ1) is 31.0. The second-order valence-electron chi connectivity index (χ2n) is 16.7. The number of hydrogen-bond acceptors (Lipinski definition) is 6. The van der Waals surface area contributed by atoms with Crippen molar-refractivity contribution in [3.05, 3.63) is 97.2 Å². The molecule has 0 amide bonds. The van der Waals surface area contributed by atoms with E-state index in [0.717, 1.165) is 96.3 Å². The number of carbonyl (C=O) groups excluding carboxylic acids is 3. The molecular weight excluding hydrogens is 781 g/mol. The van der Waals surface area contributed by atoms with Gasteiger partial charge in [-0.15, -0.1) is 0 Å². The van der Waals surface area contributed by atoms with Crippen molar-refractivity contribution in [2.45, 2.75) is 232 Å². The van der Waals surface area contributed by atoms with Crippen molar-refractivity contribution < 1.29 is 28.6 Å². The third kappa shape index (κ3) is 49.2. The van der Waals surface area contributed by atoms with E-state index >= 15 is 0 Å². The van der Waals surface area contributed by atoms with Crippen LogP contribution in [0.3, 0.4) is 0 Å². The van der Waals surface area contributed by atoms with Crippen molar-refractivity contribution >= 4 is 17.9 Å². The third-order valence-electron chi connectivity index (χ3n) is 10.6. The van der Waals surface area contributed by atoms with Gasteiger partial charge in [0, 0.05) is 19.3 Å². The van der Waals surface area contributed by atoms with Crippen molar-refractivity contribution in [3.8, 4) is 0 Å². The van der Waals surface area contributed by atoms with E-state index in [0.29, 0.717) is 19.3 Å². The fraction of sp³-hybridized carbons (Fsp3) is 0.667. The van der Waals surface area contributed by atoms with Crippen LogP contribution in [0.25, 0.3) is 0 Å². The Labute approximate surface area is 387 Å². The molecule has 0 N–H and O–H groups in total. The lowest BCUT2D eigenvalue weighted by Gasteiger charge is -2.18. The lowest BCUT2D eigenvalue weighted by atomic mass is 10.1. The van der Waals surface area contributed by atoms with Gasteiger partial charge < -0.3 is 14.2 Å². The van der Waals surface area contributed by atoms with Crippen LogP contribution in [0.1, 0.15) is 226 Å². The summed E-state index contributed by atoms with van der Waals surface area (Å²) in [5.74, 6) is -1.00. The molecule has 0 aromatic heterocycles. The second kappa shape index (κ2) is 51.0. The fourth-order valence-corrected chi connectivity index (χ4v) is 6.72. The number of allylic oxidation sites excluding steroid dienone is 16. The highest BCUT2D eigenvalue weighted by Gasteiger charge is 2.19. The zero-order valence-corrected chi connectivity index (χ0v) is 40.8. The number of carbonyl (C=O) groups is 3. The molecule has 0 saturated heterocycles. The van der Waals surface area contributed by atoms with Crippen molar-refractivity contribution in [3.63, 3.8) is 0 Å². The Hall–Kier alpha value is -3.67. The van der Waals surface area contributed by atoms with Crippen molar-refractivity contribution in [2.75, 3.05) is 13.2 Å². The minimum atomic E-state index is -0.815. The quantitative estimate of drug-likeness (QED) is 0.0262. The second-order valence-corrected chi connectivity index (χ2v) is 16.7. The molecule has 6 nitrogen and oxygen atoms in total. The number of rotatable bonds is 45. The highest BCUT2D eigenvalue weighted by molar-refractivity contribution is 5.71. The lowest BCUT2D eigenvalue weighted by Crippen LogP contribution is -2.30. The fourth-order valence-electron chi connectivity index (χ4n) is 6.72. The molecule has 0 fully saturated rings. The summed E-state index contributed by atoms with van der Waals surface area (Å²) in [5, 5.41) is 0. The van der Waals surface area contributed by atoms with Gasteiger partial charge in [0.2, 0.25) is 0 Å². The van der Waals surface area contributed by atoms with Gasteiger partial charge in [0.15, 0.2) is 6.10 Å². The van der Waals surface area contributed by atoms with Crippen LogP contribution in [0.15, 0.2) is 97.2 Å². The van der Waals surface area contributed by atoms with Crippen LogP contribution in [-0.2, 0) is 28.6 Å². The maximum atomic E-state index is 12.8. The molecule has 6 heteroatoms. The van der Waals surface area contributed by atoms with Crippen LogP contribution in [0.5, 0.6) is 0 Å². The molecule has 1 atom stereocenters. The molecule has 0 aliphatic carbocycles. The number of hydrogen-bond donors (Lipinski definition) is 0. The van der Waals surface area contributed by atoms with E-state index in [9.17, 15) is 14.4 Å². The molecular formula is C57H94O6. The molecule has 0 aromatic carbocycles. The van der Waals surface area contributed by atoms with E-state index in [4.69, 9.17) is 14.2 Å². The highest BCUT2D eigenvalue weighted by Crippen LogP contribution is 2.13. The zero-order chi connectivity index (χ0) is 45.8. The van der Waals surface area contributed by atoms with Gasteiger partial charge in [-0.2, -0.15) is 0 Å². The summed E-state index contributed by atoms with van der Waals surface area (Å²) in [6.45, 7) is 6.41. The van der Waals surface area contributed by atoms with Gasteiger partial charge in [-0.3, -0.25) is 14.4 Å². The molecule has 0 aliphatic rings. The monoisotopic (exact) mass is 875 g/mol. The predicted octanol–water partition coefficient (Wildman–Crippen LogP) is 17.0. The minimum Gasteiger partial charge on any atom is -0.462 e. The van der Waals surface area contributed by atoms with E-state index in [1.54, 1.807) is 0 Å². The van der Waals surface area contributed by atoms with Crippen molar-refractivity contribution in [1.29, 1.82) is 0 Å². The smallest absolute Gasteiger partial charge is 0.306 e. The maximum Gasteiger partial charge on any atom is 0.306 e. The van der Waals surface area contributed by atoms with E-state index in [1.807, 2.05) is 0 Å². The van der Waals surface area contributed by atoms with Gasteiger partial charge in [-0.25, -0.2) is 0 Å². The van der Waals surface area contributed by atoms with Crippen LogP contribution in [-0.4, -0.2) is 37.2 Å². The molecule has 0 aliphatic heterocycles. The maximum absolute atomic E-state index is 12.8. The summed E-state index contributed by atoms with van der Waals surface area (Å²) < 4.78 is 16.7. The first-order valence-corrected chi connectivity index (χ1v) is 25.7. The first kappa shape index (κ1) is 59.3. The molecule has 0 rings (SSSR count). The van der Waals surface area contributed by atoms with Crippen LogP contribution < -0.4 is 0 Å². The van der Waals surface area contributed by atoms with E-state index in [2.05, 4.69) is 118 Å². The van der Waals surface area contributed by atoms with E-state index in [-0.39, 0.29) is 37.5 Å². The summed E-state index contributed by atoms with van der Waals surface area (Å²) in [6, 6.07) is 0. The zero-order valence-electron chi connectivity index (χ0n) is 40.8. The molecule has 0 heterocycles. The average molecular weight is 875 g/mol. The Bertz CT molecular complexity index is 1280. The van der Waals surface area contributed by atoms with E-state index in [1.165, 1.54) is 83.5 Å². The third-order valence-corrected chi connectivity index (χ3v) is 10.6. The van der Waals surface area contributed by atoms with Crippen LogP contribution in [0.4, 0.5) is 0 Å². The highest BCUT2D eigenvalue weighted by atomic mass is 16.6. The molecule has 0 spiro atoms. The molecule has 63 heavy (non-hydrogen) atoms. The first-order valence-electron chi connectivity index (χ1n) is 25.7. The number of unbranched alkanes of at least 4 members (excludes halogenated alkanes) is 18. The Kier molecular flexibility index (Phi) is 48.0. The van der Waals surface area contributed by atoms with Gasteiger partial charge in [0.25, 0.3) is 0 Å². The number of ether oxygens (including phenoxy) is 3. The summed E-state index contributed by atoms with van der Waals surface area (Å²) in [6.07, 6.45) is 66.9. The standard InChI is InChI=1S/C57H94O6/c1-4-7-10-13-16-19-21-23-25-27-28-30-31-33-35-38-41-44-47-50-56(59)62-53-54(52-61-55(58)49-46-43-40-37-18-15-12-9-6-3)63-57(60)51-48-45-42-39-36-34-32-29-26-24-22-20-17-14-11-8-5-2/h7,10,16,19,23-26,28,30,32-35,39,42,54H,4-6,8-9,11-15,17-18,20-22,27,29,31,36-38,40-41,43-53H2,1-3H3/b10-7-,19-16-,25-23-,26-24-,30-28-,34-32-,35-33-,42-39-. The van der Waals surface area contributed by atoms with Crippen molar-refractivity contribution in [1.82, 2.24) is 0 Å². The molecule has 0 aromatic rings. The molecule has 0 saturated carbocycles. The summed E-state index contributed by atoms with van der Waals surface area (Å²) >= 11 is 0. The van der Waals surface area contributed by atoms with Crippen LogP contribution in [0, 0.1) is 0 Å². The molecule has 0 radical (unpaired) electrons. The van der Waals surface area contributed by atoms with Gasteiger partial charge in [0.1, 0.15) is 13.2 Å². The lowest BCUT2D eigenvalue weighted by molar-refractivity contribution is -0.167. The molecule has 358 valence electrons. The largest absolute Gasteiger partial charge is 0.462 e. The van der Waals surface area contributed by atoms with Gasteiger partial charge in [-0.05, 0) is 96.3 Å². The molecule has 0 bridgehead atoms. The average Bonchev–Trinajstić information content (AvgIpc) is 3.28. The van der Waals surface area contributed by atoms with Crippen LogP contribution >= 0.6 is 0 Å². The summed E-state index contributed by atoms with van der Waals surface area (Å²) in [5.41, 5.74) is 0. The predicted molar refractivity (Wildman–Crippen MR) is 270 cm³/mol. The minimum absolute atomic E-state index is 0.108. The Balaban J connectivity index is 4.48. The Morgan fingerprint density at radius 2 is 0.635 bits per heavy atom.